The Balaban J connectivity index is 2.94. The summed E-state index contributed by atoms with van der Waals surface area (Å²) in [5.41, 5.74) is 0.416. The Bertz CT molecular complexity index is 491. The van der Waals surface area contributed by atoms with Crippen molar-refractivity contribution in [1.29, 1.82) is 16.1 Å². The van der Waals surface area contributed by atoms with E-state index in [1.165, 1.54) is 12.0 Å². The lowest BCUT2D eigenvalue weighted by molar-refractivity contribution is 0.397. The lowest BCUT2D eigenvalue weighted by Crippen LogP contribution is -2.36. The van der Waals surface area contributed by atoms with Gasteiger partial charge >= 0.3 is 0 Å². The first-order chi connectivity index (χ1) is 8.60. The Morgan fingerprint density at radius 1 is 1.50 bits per heavy atom. The lowest BCUT2D eigenvalue weighted by Gasteiger charge is -2.22. The highest BCUT2D eigenvalue weighted by Gasteiger charge is 2.15. The van der Waals surface area contributed by atoms with Gasteiger partial charge in [-0.15, -0.1) is 0 Å². The molecule has 0 aliphatic carbocycles. The normalized spacial score (nSPS) is 9.39. The summed E-state index contributed by atoms with van der Waals surface area (Å²) in [7, 11) is 1.51. The third-order valence-corrected chi connectivity index (χ3v) is 2.30. The zero-order chi connectivity index (χ0) is 13.5. The summed E-state index contributed by atoms with van der Waals surface area (Å²) in [5.74, 6) is 0.719. The van der Waals surface area contributed by atoms with E-state index < -0.39 is 0 Å². The van der Waals surface area contributed by atoms with Gasteiger partial charge in [0.25, 0.3) is 0 Å². The van der Waals surface area contributed by atoms with Crippen molar-refractivity contribution in [3.8, 4) is 11.9 Å². The molecule has 94 valence electrons. The van der Waals surface area contributed by atoms with Gasteiger partial charge in [-0.1, -0.05) is 6.07 Å². The fraction of sp³-hybridized carbons (Fsp3) is 0.333. The Kier molecular flexibility index (Phi) is 4.81. The maximum Gasteiger partial charge on any atom is 0.213 e. The topological polar surface area (TPSA) is 96.9 Å². The molecule has 0 saturated heterocycles. The minimum atomic E-state index is 0.0941. The van der Waals surface area contributed by atoms with Crippen molar-refractivity contribution >= 4 is 11.7 Å². The monoisotopic (exact) mass is 245 g/mol. The van der Waals surface area contributed by atoms with Gasteiger partial charge in [0, 0.05) is 12.6 Å². The minimum Gasteiger partial charge on any atom is -0.481 e. The van der Waals surface area contributed by atoms with Crippen molar-refractivity contribution in [2.75, 3.05) is 13.7 Å². The van der Waals surface area contributed by atoms with E-state index in [0.29, 0.717) is 18.1 Å². The van der Waals surface area contributed by atoms with Gasteiger partial charge in [-0.05, 0) is 13.0 Å². The maximum absolute atomic E-state index is 8.58. The van der Waals surface area contributed by atoms with Gasteiger partial charge in [0.2, 0.25) is 5.88 Å². The molecular formula is C12H15N5O. The number of nitrogens with one attached hydrogen (secondary N) is 2. The van der Waals surface area contributed by atoms with E-state index in [0.717, 1.165) is 0 Å². The predicted octanol–water partition coefficient (Wildman–Crippen LogP) is 1.63. The van der Waals surface area contributed by atoms with Crippen LogP contribution in [0.15, 0.2) is 18.2 Å². The van der Waals surface area contributed by atoms with Crippen molar-refractivity contribution in [3.05, 3.63) is 23.9 Å². The second-order valence-electron chi connectivity index (χ2n) is 3.56. The number of ether oxygens (including phenoxy) is 1. The SMILES string of the molecule is COc1cccc(C(=N)N(CCC#N)C(C)=N)n1. The smallest absolute Gasteiger partial charge is 0.213 e. The molecule has 0 aliphatic rings. The van der Waals surface area contributed by atoms with Crippen LogP contribution in [-0.2, 0) is 0 Å². The van der Waals surface area contributed by atoms with Crippen molar-refractivity contribution in [3.63, 3.8) is 0 Å². The van der Waals surface area contributed by atoms with Crippen LogP contribution in [0.4, 0.5) is 0 Å². The van der Waals surface area contributed by atoms with Gasteiger partial charge in [-0.3, -0.25) is 10.8 Å². The second-order valence-corrected chi connectivity index (χ2v) is 3.56. The number of hydrogen-bond donors (Lipinski definition) is 2. The van der Waals surface area contributed by atoms with Crippen LogP contribution < -0.4 is 4.74 Å². The average molecular weight is 245 g/mol. The van der Waals surface area contributed by atoms with Crippen LogP contribution in [0.1, 0.15) is 19.0 Å². The summed E-state index contributed by atoms with van der Waals surface area (Å²) >= 11 is 0. The molecule has 0 fully saturated rings. The van der Waals surface area contributed by atoms with Crippen LogP contribution in [0.25, 0.3) is 0 Å². The first kappa shape index (κ1) is 13.6. The van der Waals surface area contributed by atoms with E-state index in [2.05, 4.69) is 4.98 Å². The number of nitrogens with zero attached hydrogens (tertiary/aromatic N) is 3. The molecule has 1 rings (SSSR count). The van der Waals surface area contributed by atoms with E-state index >= 15 is 0 Å². The molecule has 1 aromatic heterocycles. The van der Waals surface area contributed by atoms with Crippen molar-refractivity contribution in [2.24, 2.45) is 0 Å². The average Bonchev–Trinajstić information content (AvgIpc) is 2.38. The Morgan fingerprint density at radius 3 is 2.78 bits per heavy atom. The molecule has 0 unspecified atom stereocenters. The first-order valence-electron chi connectivity index (χ1n) is 5.39. The van der Waals surface area contributed by atoms with E-state index in [9.17, 15) is 0 Å². The molecule has 1 heterocycles. The van der Waals surface area contributed by atoms with E-state index in [1.54, 1.807) is 25.1 Å². The van der Waals surface area contributed by atoms with Crippen molar-refractivity contribution < 1.29 is 4.74 Å². The first-order valence-corrected chi connectivity index (χ1v) is 5.39. The standard InChI is InChI=1S/C12H15N5O/c1-9(14)17(8-4-7-13)12(15)10-5-3-6-11(16-10)18-2/h3,5-6,14-15H,4,8H2,1-2H3. The molecule has 1 aromatic rings. The zero-order valence-electron chi connectivity index (χ0n) is 10.4. The number of methoxy groups -OCH3 is 1. The zero-order valence-corrected chi connectivity index (χ0v) is 10.4. The molecule has 0 amide bonds. The van der Waals surface area contributed by atoms with Gasteiger partial charge in [0.15, 0.2) is 5.84 Å². The maximum atomic E-state index is 8.58. The quantitative estimate of drug-likeness (QED) is 0.622. The van der Waals surface area contributed by atoms with Crippen molar-refractivity contribution in [1.82, 2.24) is 9.88 Å². The lowest BCUT2D eigenvalue weighted by atomic mass is 10.2. The number of pyridine rings is 1. The molecule has 0 atom stereocenters. The fourth-order valence-corrected chi connectivity index (χ4v) is 1.41. The second kappa shape index (κ2) is 6.35. The molecule has 18 heavy (non-hydrogen) atoms. The number of amidine groups is 2. The molecule has 6 heteroatoms. The number of rotatable bonds is 4. The van der Waals surface area contributed by atoms with Crippen LogP contribution in [0, 0.1) is 22.1 Å². The molecule has 0 aliphatic heterocycles. The van der Waals surface area contributed by atoms with Gasteiger partial charge in [-0.25, -0.2) is 4.98 Å². The molecule has 0 bridgehead atoms. The predicted molar refractivity (Wildman–Crippen MR) is 68.0 cm³/mol. The van der Waals surface area contributed by atoms with Gasteiger partial charge in [0.05, 0.1) is 25.4 Å². The Labute approximate surface area is 106 Å². The number of aromatic nitrogens is 1. The summed E-state index contributed by atoms with van der Waals surface area (Å²) in [5, 5.41) is 24.2. The van der Waals surface area contributed by atoms with Crippen LogP contribution >= 0.6 is 0 Å². The van der Waals surface area contributed by atoms with E-state index in [-0.39, 0.29) is 18.1 Å². The van der Waals surface area contributed by atoms with E-state index in [1.807, 2.05) is 6.07 Å². The third-order valence-electron chi connectivity index (χ3n) is 2.30. The molecule has 0 radical (unpaired) electrons. The van der Waals surface area contributed by atoms with Crippen LogP contribution in [0.2, 0.25) is 0 Å². The molecular weight excluding hydrogens is 230 g/mol. The van der Waals surface area contributed by atoms with Gasteiger partial charge < -0.3 is 9.64 Å². The minimum absolute atomic E-state index is 0.0941. The Hall–Kier alpha value is -2.42. The molecule has 0 spiro atoms. The van der Waals surface area contributed by atoms with Crippen LogP contribution in [0.5, 0.6) is 5.88 Å². The molecule has 6 nitrogen and oxygen atoms in total. The van der Waals surface area contributed by atoms with Gasteiger partial charge in [-0.2, -0.15) is 5.26 Å². The summed E-state index contributed by atoms with van der Waals surface area (Å²) in [6, 6.07) is 7.10. The van der Waals surface area contributed by atoms with Gasteiger partial charge in [0.1, 0.15) is 5.69 Å². The summed E-state index contributed by atoms with van der Waals surface area (Å²) in [6.07, 6.45) is 0.253. The fourth-order valence-electron chi connectivity index (χ4n) is 1.41. The summed E-state index contributed by atoms with van der Waals surface area (Å²) in [4.78, 5) is 5.57. The number of nitriles is 1. The summed E-state index contributed by atoms with van der Waals surface area (Å²) in [6.45, 7) is 1.88. The molecule has 0 saturated carbocycles. The highest BCUT2D eigenvalue weighted by atomic mass is 16.5. The molecule has 2 N–H and O–H groups in total. The highest BCUT2D eigenvalue weighted by molar-refractivity contribution is 6.05. The van der Waals surface area contributed by atoms with Crippen LogP contribution in [-0.4, -0.2) is 35.2 Å². The van der Waals surface area contributed by atoms with Crippen LogP contribution in [0.3, 0.4) is 0 Å². The largest absolute Gasteiger partial charge is 0.481 e. The summed E-state index contributed by atoms with van der Waals surface area (Å²) < 4.78 is 4.99. The third kappa shape index (κ3) is 3.28. The Morgan fingerprint density at radius 2 is 2.22 bits per heavy atom. The molecule has 0 aromatic carbocycles. The number of hydrogen-bond acceptors (Lipinski definition) is 5. The van der Waals surface area contributed by atoms with E-state index in [4.69, 9.17) is 20.8 Å². The highest BCUT2D eigenvalue weighted by Crippen LogP contribution is 2.09. The van der Waals surface area contributed by atoms with Crippen molar-refractivity contribution in [2.45, 2.75) is 13.3 Å².